The molecule has 4 bridgehead atoms. The van der Waals surface area contributed by atoms with Gasteiger partial charge in [0.15, 0.2) is 0 Å². The molecule has 4 aliphatic carbocycles. The largest absolute Gasteiger partial charge is 0.366 e. The molecule has 7 atom stereocenters. The van der Waals surface area contributed by atoms with Crippen molar-refractivity contribution >= 4 is 0 Å². The minimum absolute atomic E-state index is 0.293. The van der Waals surface area contributed by atoms with Crippen molar-refractivity contribution in [1.82, 2.24) is 0 Å². The SMILES string of the molecule is CC(C)[C@@H]1CC[C@]2(C)C3CC4O[C@]4(C)[C@@H]2[C@H]31. The molecule has 0 spiro atoms. The zero-order chi connectivity index (χ0) is 11.3. The summed E-state index contributed by atoms with van der Waals surface area (Å²) in [5.41, 5.74) is 0.944. The summed E-state index contributed by atoms with van der Waals surface area (Å²) in [7, 11) is 0. The Morgan fingerprint density at radius 3 is 2.62 bits per heavy atom. The first-order valence-electron chi connectivity index (χ1n) is 7.16. The van der Waals surface area contributed by atoms with Crippen LogP contribution in [0, 0.1) is 35.0 Å². The van der Waals surface area contributed by atoms with Gasteiger partial charge >= 0.3 is 0 Å². The van der Waals surface area contributed by atoms with Crippen molar-refractivity contribution in [3.05, 3.63) is 0 Å². The molecule has 1 saturated heterocycles. The second-order valence-electron chi connectivity index (χ2n) is 7.64. The van der Waals surface area contributed by atoms with Crippen LogP contribution in [0.3, 0.4) is 0 Å². The average molecular weight is 220 g/mol. The van der Waals surface area contributed by atoms with Crippen molar-refractivity contribution < 1.29 is 4.74 Å². The molecule has 0 amide bonds. The van der Waals surface area contributed by atoms with Crippen LogP contribution >= 0.6 is 0 Å². The van der Waals surface area contributed by atoms with Crippen LogP contribution in [0.15, 0.2) is 0 Å². The van der Waals surface area contributed by atoms with Gasteiger partial charge in [0.1, 0.15) is 0 Å². The van der Waals surface area contributed by atoms with Gasteiger partial charge < -0.3 is 4.74 Å². The number of ether oxygens (including phenoxy) is 1. The smallest absolute Gasteiger partial charge is 0.0956 e. The molecule has 5 rings (SSSR count). The van der Waals surface area contributed by atoms with Crippen LogP contribution in [0.2, 0.25) is 0 Å². The Morgan fingerprint density at radius 1 is 1.25 bits per heavy atom. The van der Waals surface area contributed by atoms with Gasteiger partial charge in [0.2, 0.25) is 0 Å². The van der Waals surface area contributed by atoms with E-state index in [9.17, 15) is 0 Å². The van der Waals surface area contributed by atoms with E-state index >= 15 is 0 Å². The van der Waals surface area contributed by atoms with Gasteiger partial charge in [-0.15, -0.1) is 0 Å². The lowest BCUT2D eigenvalue weighted by atomic mass is 9.32. The molecule has 4 saturated carbocycles. The summed E-state index contributed by atoms with van der Waals surface area (Å²) in [4.78, 5) is 0. The van der Waals surface area contributed by atoms with Crippen molar-refractivity contribution in [2.75, 3.05) is 0 Å². The molecule has 1 heteroatoms. The van der Waals surface area contributed by atoms with Crippen molar-refractivity contribution in [1.29, 1.82) is 0 Å². The third kappa shape index (κ3) is 0.836. The summed E-state index contributed by atoms with van der Waals surface area (Å²) in [6.45, 7) is 9.80. The fourth-order valence-electron chi connectivity index (χ4n) is 6.08. The average Bonchev–Trinajstić information content (AvgIpc) is 2.89. The van der Waals surface area contributed by atoms with E-state index in [2.05, 4.69) is 27.7 Å². The number of epoxide rings is 1. The van der Waals surface area contributed by atoms with Crippen LogP contribution in [0.4, 0.5) is 0 Å². The molecule has 0 aromatic rings. The summed E-state index contributed by atoms with van der Waals surface area (Å²) in [6.07, 6.45) is 4.95. The lowest BCUT2D eigenvalue weighted by Crippen LogP contribution is -2.69. The third-order valence-corrected chi connectivity index (χ3v) is 6.84. The molecular formula is C15H24O. The number of hydrogen-bond donors (Lipinski definition) is 0. The predicted molar refractivity (Wildman–Crippen MR) is 64.0 cm³/mol. The van der Waals surface area contributed by atoms with Crippen LogP contribution in [-0.2, 0) is 4.74 Å². The van der Waals surface area contributed by atoms with Gasteiger partial charge in [-0.05, 0) is 61.2 Å². The number of fused-ring (bicyclic) bond motifs is 3. The summed E-state index contributed by atoms with van der Waals surface area (Å²) < 4.78 is 6.05. The van der Waals surface area contributed by atoms with Crippen molar-refractivity contribution in [2.45, 2.75) is 58.7 Å². The minimum Gasteiger partial charge on any atom is -0.366 e. The van der Waals surface area contributed by atoms with E-state index in [1.165, 1.54) is 19.3 Å². The normalized spacial score (nSPS) is 66.2. The topological polar surface area (TPSA) is 12.5 Å². The molecular weight excluding hydrogens is 196 g/mol. The van der Waals surface area contributed by atoms with E-state index in [0.29, 0.717) is 17.1 Å². The van der Waals surface area contributed by atoms with Crippen molar-refractivity contribution in [3.63, 3.8) is 0 Å². The molecule has 1 heterocycles. The molecule has 16 heavy (non-hydrogen) atoms. The molecule has 0 N–H and O–H groups in total. The highest BCUT2D eigenvalue weighted by molar-refractivity contribution is 5.27. The minimum atomic E-state index is 0.293. The summed E-state index contributed by atoms with van der Waals surface area (Å²) >= 11 is 0. The quantitative estimate of drug-likeness (QED) is 0.616. The standard InChI is InChI=1S/C15H24O/c1-8(2)9-5-6-14(3)10-7-11-15(4,16-11)13(14)12(9)10/h8-13H,5-7H2,1-4H3/t9-,10?,11?,12-,13+,14+,15-/m0/s1. The molecule has 0 radical (unpaired) electrons. The molecule has 90 valence electrons. The summed E-state index contributed by atoms with van der Waals surface area (Å²) in [6, 6.07) is 0. The Bertz CT molecular complexity index is 349. The molecule has 1 nitrogen and oxygen atoms in total. The molecule has 0 aromatic carbocycles. The highest BCUT2D eigenvalue weighted by Gasteiger charge is 2.79. The Kier molecular flexibility index (Phi) is 1.57. The third-order valence-electron chi connectivity index (χ3n) is 6.84. The van der Waals surface area contributed by atoms with Crippen LogP contribution in [0.1, 0.15) is 47.0 Å². The Labute approximate surface area is 98.9 Å². The van der Waals surface area contributed by atoms with Gasteiger partial charge in [0.25, 0.3) is 0 Å². The Hall–Kier alpha value is -0.0400. The Balaban J connectivity index is 1.73. The first-order valence-corrected chi connectivity index (χ1v) is 7.16. The maximum atomic E-state index is 6.05. The van der Waals surface area contributed by atoms with Gasteiger partial charge in [-0.1, -0.05) is 20.8 Å². The maximum Gasteiger partial charge on any atom is 0.0956 e. The highest BCUT2D eigenvalue weighted by Crippen LogP contribution is 2.78. The predicted octanol–water partition coefficient (Wildman–Crippen LogP) is 3.48. The fourth-order valence-corrected chi connectivity index (χ4v) is 6.08. The second kappa shape index (κ2) is 2.53. The Morgan fingerprint density at radius 2 is 2.00 bits per heavy atom. The van der Waals surface area contributed by atoms with Crippen molar-refractivity contribution in [2.24, 2.45) is 35.0 Å². The molecule has 1 aliphatic heterocycles. The van der Waals surface area contributed by atoms with Crippen LogP contribution in [0.25, 0.3) is 0 Å². The van der Waals surface area contributed by atoms with E-state index < -0.39 is 0 Å². The van der Waals surface area contributed by atoms with Crippen LogP contribution < -0.4 is 0 Å². The van der Waals surface area contributed by atoms with Gasteiger partial charge in [-0.25, -0.2) is 0 Å². The van der Waals surface area contributed by atoms with Crippen LogP contribution in [0.5, 0.6) is 0 Å². The molecule has 2 unspecified atom stereocenters. The fraction of sp³-hybridized carbons (Fsp3) is 1.00. The second-order valence-corrected chi connectivity index (χ2v) is 7.64. The van der Waals surface area contributed by atoms with Gasteiger partial charge in [-0.3, -0.25) is 0 Å². The highest BCUT2D eigenvalue weighted by atomic mass is 16.6. The molecule has 5 fully saturated rings. The first kappa shape index (κ1) is 9.94. The monoisotopic (exact) mass is 220 g/mol. The van der Waals surface area contributed by atoms with E-state index in [-0.39, 0.29) is 0 Å². The van der Waals surface area contributed by atoms with Gasteiger partial charge in [0.05, 0.1) is 11.7 Å². The zero-order valence-electron chi connectivity index (χ0n) is 11.0. The number of rotatable bonds is 1. The lowest BCUT2D eigenvalue weighted by Gasteiger charge is -2.71. The summed E-state index contributed by atoms with van der Waals surface area (Å²) in [5.74, 6) is 4.75. The van der Waals surface area contributed by atoms with Gasteiger partial charge in [-0.2, -0.15) is 0 Å². The molecule has 0 aromatic heterocycles. The first-order chi connectivity index (χ1) is 7.48. The van der Waals surface area contributed by atoms with E-state index in [4.69, 9.17) is 4.74 Å². The zero-order valence-corrected chi connectivity index (χ0v) is 11.0. The van der Waals surface area contributed by atoms with E-state index in [1.807, 2.05) is 0 Å². The lowest BCUT2D eigenvalue weighted by molar-refractivity contribution is -0.227. The number of hydrogen-bond acceptors (Lipinski definition) is 1. The van der Waals surface area contributed by atoms with Gasteiger partial charge in [0, 0.05) is 0 Å². The summed E-state index contributed by atoms with van der Waals surface area (Å²) in [5, 5.41) is 0. The van der Waals surface area contributed by atoms with E-state index in [0.717, 1.165) is 29.6 Å². The maximum absolute atomic E-state index is 6.05. The van der Waals surface area contributed by atoms with Crippen molar-refractivity contribution in [3.8, 4) is 0 Å². The van der Waals surface area contributed by atoms with E-state index in [1.54, 1.807) is 0 Å². The molecule has 5 aliphatic rings. The van der Waals surface area contributed by atoms with Crippen LogP contribution in [-0.4, -0.2) is 11.7 Å².